The van der Waals surface area contributed by atoms with Gasteiger partial charge in [-0.15, -0.1) is 11.4 Å². The van der Waals surface area contributed by atoms with Gasteiger partial charge in [0, 0.05) is 19.3 Å². The van der Waals surface area contributed by atoms with Crippen LogP contribution in [0.2, 0.25) is 0 Å². The average molecular weight is 148 g/mol. The Kier molecular flexibility index (Phi) is 4.85. The third-order valence-corrected chi connectivity index (χ3v) is 1.84. The fourth-order valence-electron chi connectivity index (χ4n) is 0.623. The van der Waals surface area contributed by atoms with Crippen molar-refractivity contribution in [3.05, 3.63) is 0 Å². The Bertz CT molecular complexity index is 99.2. The molecule has 0 aliphatic heterocycles. The van der Waals surface area contributed by atoms with Gasteiger partial charge in [0.1, 0.15) is 0 Å². The molecule has 0 aliphatic rings. The number of hydrogen-bond acceptors (Lipinski definition) is 0. The first-order valence-electron chi connectivity index (χ1n) is 3.11. The van der Waals surface area contributed by atoms with Gasteiger partial charge in [0.05, 0.1) is 0 Å². The monoisotopic (exact) mass is 148 g/mol. The Morgan fingerprint density at radius 2 is 1.89 bits per heavy atom. The molecule has 0 aromatic carbocycles. The highest BCUT2D eigenvalue weighted by Gasteiger charge is 2.00. The Balaban J connectivity index is 3.79. The molecular formula is C6H14NOS. The Labute approximate surface area is 60.4 Å². The van der Waals surface area contributed by atoms with E-state index in [-0.39, 0.29) is 0 Å². The molecule has 0 bridgehead atoms. The Hall–Kier alpha value is 0.01000. The number of nitrogens with zero attached hydrogens (tertiary/aromatic N) is 1. The first-order valence-corrected chi connectivity index (χ1v) is 4.33. The van der Waals surface area contributed by atoms with Gasteiger partial charge in [-0.1, -0.05) is 13.8 Å². The quantitative estimate of drug-likeness (QED) is 0.597. The van der Waals surface area contributed by atoms with Crippen molar-refractivity contribution in [1.82, 2.24) is 4.90 Å². The van der Waals surface area contributed by atoms with Crippen molar-refractivity contribution in [3.8, 4) is 0 Å². The van der Waals surface area contributed by atoms with E-state index in [2.05, 4.69) is 0 Å². The van der Waals surface area contributed by atoms with Crippen LogP contribution >= 0.6 is 11.4 Å². The molecule has 0 amide bonds. The molecule has 0 saturated carbocycles. The van der Waals surface area contributed by atoms with Crippen molar-refractivity contribution < 1.29 is 5.11 Å². The summed E-state index contributed by atoms with van der Waals surface area (Å²) in [6.07, 6.45) is 1.87. The second-order valence-corrected chi connectivity index (χ2v) is 2.43. The summed E-state index contributed by atoms with van der Waals surface area (Å²) < 4.78 is 0. The minimum atomic E-state index is 0.417. The van der Waals surface area contributed by atoms with Gasteiger partial charge in [-0.05, 0) is 0 Å². The lowest BCUT2D eigenvalue weighted by Crippen LogP contribution is -2.28. The lowest BCUT2D eigenvalue weighted by molar-refractivity contribution is 0.371. The predicted molar refractivity (Wildman–Crippen MR) is 44.1 cm³/mol. The molecule has 0 aliphatic carbocycles. The van der Waals surface area contributed by atoms with Crippen LogP contribution < -0.4 is 0 Å². The summed E-state index contributed by atoms with van der Waals surface area (Å²) in [6, 6.07) is 0. The van der Waals surface area contributed by atoms with Gasteiger partial charge in [0.25, 0.3) is 0 Å². The zero-order valence-electron chi connectivity index (χ0n) is 6.22. The molecule has 0 atom stereocenters. The fourth-order valence-corrected chi connectivity index (χ4v) is 1.14. The van der Waals surface area contributed by atoms with Crippen LogP contribution in [-0.4, -0.2) is 34.5 Å². The molecule has 3 heteroatoms. The summed E-state index contributed by atoms with van der Waals surface area (Å²) in [5.74, 6) is 0. The van der Waals surface area contributed by atoms with Crippen molar-refractivity contribution in [2.45, 2.75) is 13.8 Å². The van der Waals surface area contributed by atoms with Crippen LogP contribution in [0.15, 0.2) is 0 Å². The van der Waals surface area contributed by atoms with E-state index in [9.17, 15) is 0 Å². The van der Waals surface area contributed by atoms with Crippen LogP contribution in [-0.2, 0) is 0 Å². The van der Waals surface area contributed by atoms with E-state index in [0.29, 0.717) is 5.17 Å². The second-order valence-electron chi connectivity index (χ2n) is 1.66. The first-order chi connectivity index (χ1) is 4.26. The SMILES string of the molecule is CCN(CC)C(O)=[S]C. The molecule has 0 aromatic heterocycles. The molecule has 0 spiro atoms. The zero-order chi connectivity index (χ0) is 7.28. The molecular weight excluding hydrogens is 134 g/mol. The van der Waals surface area contributed by atoms with E-state index < -0.39 is 0 Å². The molecule has 55 valence electrons. The van der Waals surface area contributed by atoms with Gasteiger partial charge >= 0.3 is 0 Å². The summed E-state index contributed by atoms with van der Waals surface area (Å²) in [5.41, 5.74) is 0. The second kappa shape index (κ2) is 4.85. The van der Waals surface area contributed by atoms with E-state index in [1.54, 1.807) is 0 Å². The minimum absolute atomic E-state index is 0.417. The van der Waals surface area contributed by atoms with Gasteiger partial charge in [0.15, 0.2) is 5.17 Å². The highest BCUT2D eigenvalue weighted by molar-refractivity contribution is 7.97. The van der Waals surface area contributed by atoms with Crippen molar-refractivity contribution in [1.29, 1.82) is 0 Å². The zero-order valence-corrected chi connectivity index (χ0v) is 7.03. The van der Waals surface area contributed by atoms with Crippen molar-refractivity contribution >= 4 is 16.5 Å². The number of rotatable bonds is 2. The van der Waals surface area contributed by atoms with E-state index in [1.807, 2.05) is 25.0 Å². The molecule has 0 unspecified atom stereocenters. The van der Waals surface area contributed by atoms with E-state index in [4.69, 9.17) is 5.11 Å². The normalized spacial score (nSPS) is 12.8. The predicted octanol–water partition coefficient (Wildman–Crippen LogP) is 1.34. The number of aliphatic hydroxyl groups is 1. The van der Waals surface area contributed by atoms with Gasteiger partial charge in [-0.25, -0.2) is 4.90 Å². The molecule has 0 rings (SSSR count). The fraction of sp³-hybridized carbons (Fsp3) is 0.833. The van der Waals surface area contributed by atoms with Gasteiger partial charge < -0.3 is 5.11 Å². The smallest absolute Gasteiger partial charge is 0.172 e. The summed E-state index contributed by atoms with van der Waals surface area (Å²) in [5, 5.41) is 9.54. The maximum absolute atomic E-state index is 9.12. The maximum atomic E-state index is 9.12. The largest absolute Gasteiger partial charge is 0.343 e. The van der Waals surface area contributed by atoms with Crippen LogP contribution in [0, 0.1) is 0 Å². The summed E-state index contributed by atoms with van der Waals surface area (Å²) >= 11 is 1.38. The lowest BCUT2D eigenvalue weighted by atomic mass is 10.6. The van der Waals surface area contributed by atoms with Crippen LogP contribution in [0.4, 0.5) is 0 Å². The number of hydrogen-bond donors (Lipinski definition) is 1. The molecule has 0 saturated heterocycles. The van der Waals surface area contributed by atoms with Crippen molar-refractivity contribution in [2.24, 2.45) is 0 Å². The van der Waals surface area contributed by atoms with Crippen LogP contribution in [0.1, 0.15) is 13.8 Å². The molecule has 1 radical (unpaired) electrons. The summed E-state index contributed by atoms with van der Waals surface area (Å²) in [6.45, 7) is 5.80. The first kappa shape index (κ1) is 9.01. The molecule has 0 heterocycles. The molecule has 0 fully saturated rings. The highest BCUT2D eigenvalue weighted by Crippen LogP contribution is 1.91. The Morgan fingerprint density at radius 3 is 2.00 bits per heavy atom. The highest BCUT2D eigenvalue weighted by atomic mass is 32.1. The van der Waals surface area contributed by atoms with Crippen molar-refractivity contribution in [3.63, 3.8) is 0 Å². The van der Waals surface area contributed by atoms with Crippen LogP contribution in [0.5, 0.6) is 0 Å². The molecule has 9 heavy (non-hydrogen) atoms. The van der Waals surface area contributed by atoms with Crippen LogP contribution in [0.3, 0.4) is 0 Å². The third-order valence-electron chi connectivity index (χ3n) is 1.22. The maximum Gasteiger partial charge on any atom is 0.172 e. The van der Waals surface area contributed by atoms with Gasteiger partial charge in [-0.3, -0.25) is 0 Å². The third kappa shape index (κ3) is 2.89. The van der Waals surface area contributed by atoms with E-state index in [0.717, 1.165) is 13.1 Å². The summed E-state index contributed by atoms with van der Waals surface area (Å²) in [7, 11) is 0. The van der Waals surface area contributed by atoms with E-state index in [1.165, 1.54) is 11.4 Å². The minimum Gasteiger partial charge on any atom is -0.343 e. The average Bonchev–Trinajstić information content (AvgIpc) is 1.90. The molecule has 1 N–H and O–H groups in total. The summed E-state index contributed by atoms with van der Waals surface area (Å²) in [4.78, 5) is 1.91. The van der Waals surface area contributed by atoms with Gasteiger partial charge in [0.2, 0.25) is 0 Å². The molecule has 0 aromatic rings. The number of aliphatic hydroxyl groups excluding tert-OH is 1. The topological polar surface area (TPSA) is 23.5 Å². The molecule has 2 nitrogen and oxygen atoms in total. The van der Waals surface area contributed by atoms with E-state index >= 15 is 0 Å². The Morgan fingerprint density at radius 1 is 1.44 bits per heavy atom. The standard InChI is InChI=1S/C6H14NOS/c1-4-7(5-2)6(8)9-3/h8H,4-5H2,1-3H3. The lowest BCUT2D eigenvalue weighted by Gasteiger charge is -2.14. The van der Waals surface area contributed by atoms with Crippen LogP contribution in [0.25, 0.3) is 0 Å². The van der Waals surface area contributed by atoms with Gasteiger partial charge in [-0.2, -0.15) is 0 Å². The van der Waals surface area contributed by atoms with Crippen molar-refractivity contribution in [2.75, 3.05) is 19.3 Å².